The molecule has 3 rings (SSSR count). The molecule has 0 aliphatic carbocycles. The van der Waals surface area contributed by atoms with E-state index in [0.717, 1.165) is 29.9 Å². The van der Waals surface area contributed by atoms with Crippen LogP contribution in [0.5, 0.6) is 5.75 Å². The number of benzene rings is 1. The van der Waals surface area contributed by atoms with Crippen LogP contribution in [0.1, 0.15) is 5.56 Å². The van der Waals surface area contributed by atoms with E-state index in [1.807, 2.05) is 34.9 Å². The number of H-pyrrole nitrogens is 1. The second kappa shape index (κ2) is 5.46. The summed E-state index contributed by atoms with van der Waals surface area (Å²) in [7, 11) is 1.68. The van der Waals surface area contributed by atoms with Crippen molar-refractivity contribution >= 4 is 23.4 Å². The maximum Gasteiger partial charge on any atom is 0.179 e. The number of fused-ring (bicyclic) bond motifs is 1. The summed E-state index contributed by atoms with van der Waals surface area (Å²) in [5.41, 5.74) is 3.10. The van der Waals surface area contributed by atoms with Crippen LogP contribution in [-0.4, -0.2) is 21.6 Å². The number of hydrogen-bond donors (Lipinski definition) is 1. The summed E-state index contributed by atoms with van der Waals surface area (Å²) in [5, 5.41) is 0. The number of rotatable bonds is 4. The van der Waals surface area contributed by atoms with E-state index in [9.17, 15) is 0 Å². The van der Waals surface area contributed by atoms with E-state index in [-0.39, 0.29) is 0 Å². The number of pyridine rings is 1. The molecule has 20 heavy (non-hydrogen) atoms. The molecular weight excluding hydrogens is 270 g/mol. The average Bonchev–Trinajstić information content (AvgIpc) is 2.81. The Morgan fingerprint density at radius 2 is 2.20 bits per heavy atom. The van der Waals surface area contributed by atoms with E-state index < -0.39 is 0 Å². The molecule has 0 fully saturated rings. The number of aromatic amines is 1. The van der Waals surface area contributed by atoms with Crippen LogP contribution in [0.2, 0.25) is 0 Å². The van der Waals surface area contributed by atoms with E-state index in [0.29, 0.717) is 4.77 Å². The second-order valence-corrected chi connectivity index (χ2v) is 4.94. The Morgan fingerprint density at radius 3 is 3.05 bits per heavy atom. The zero-order valence-corrected chi connectivity index (χ0v) is 12.0. The molecule has 0 unspecified atom stereocenters. The molecule has 0 bridgehead atoms. The van der Waals surface area contributed by atoms with E-state index in [4.69, 9.17) is 17.0 Å². The predicted octanol–water partition coefficient (Wildman–Crippen LogP) is 3.35. The minimum Gasteiger partial charge on any atom is -0.497 e. The maximum atomic E-state index is 5.36. The van der Waals surface area contributed by atoms with Crippen LogP contribution in [-0.2, 0) is 13.0 Å². The Labute approximate surface area is 122 Å². The van der Waals surface area contributed by atoms with Gasteiger partial charge in [-0.3, -0.25) is 0 Å². The zero-order valence-electron chi connectivity index (χ0n) is 11.2. The fraction of sp³-hybridized carbons (Fsp3) is 0.200. The molecule has 0 spiro atoms. The number of methoxy groups -OCH3 is 1. The van der Waals surface area contributed by atoms with Gasteiger partial charge in [-0.15, -0.1) is 0 Å². The smallest absolute Gasteiger partial charge is 0.179 e. The minimum atomic E-state index is 0.710. The number of hydrogen-bond acceptors (Lipinski definition) is 3. The van der Waals surface area contributed by atoms with Gasteiger partial charge in [0, 0.05) is 12.7 Å². The zero-order chi connectivity index (χ0) is 13.9. The minimum absolute atomic E-state index is 0.710. The number of nitrogens with one attached hydrogen (secondary N) is 1. The molecule has 0 saturated heterocycles. The lowest BCUT2D eigenvalue weighted by atomic mass is 10.1. The first-order valence-corrected chi connectivity index (χ1v) is 6.85. The summed E-state index contributed by atoms with van der Waals surface area (Å²) in [6, 6.07) is 12.0. The molecule has 0 aliphatic heterocycles. The van der Waals surface area contributed by atoms with Crippen LogP contribution in [0.15, 0.2) is 42.6 Å². The standard InChI is InChI=1S/C15H15N3OS/c1-19-12-5-2-4-11(10-12)7-9-18-14-13(17-15(18)20)6-3-8-16-14/h2-6,8,10H,7,9H2,1H3,(H,17,20). The van der Waals surface area contributed by atoms with Crippen LogP contribution in [0.3, 0.4) is 0 Å². The van der Waals surface area contributed by atoms with Crippen LogP contribution in [0, 0.1) is 4.77 Å². The number of ether oxygens (including phenoxy) is 1. The third-order valence-electron chi connectivity index (χ3n) is 3.29. The van der Waals surface area contributed by atoms with Gasteiger partial charge in [-0.05, 0) is 48.5 Å². The van der Waals surface area contributed by atoms with Crippen LogP contribution < -0.4 is 4.74 Å². The van der Waals surface area contributed by atoms with Crippen molar-refractivity contribution < 1.29 is 4.74 Å². The van der Waals surface area contributed by atoms with E-state index in [1.165, 1.54) is 5.56 Å². The fourth-order valence-corrected chi connectivity index (χ4v) is 2.55. The monoisotopic (exact) mass is 285 g/mol. The van der Waals surface area contributed by atoms with Gasteiger partial charge >= 0.3 is 0 Å². The number of aryl methyl sites for hydroxylation is 2. The lowest BCUT2D eigenvalue weighted by molar-refractivity contribution is 0.414. The molecule has 102 valence electrons. The van der Waals surface area contributed by atoms with Gasteiger partial charge in [-0.2, -0.15) is 0 Å². The topological polar surface area (TPSA) is 42.8 Å². The van der Waals surface area contributed by atoms with E-state index >= 15 is 0 Å². The van der Waals surface area contributed by atoms with Crippen LogP contribution in [0.25, 0.3) is 11.2 Å². The molecular formula is C15H15N3OS. The number of imidazole rings is 1. The highest BCUT2D eigenvalue weighted by Gasteiger charge is 2.05. The average molecular weight is 285 g/mol. The summed E-state index contributed by atoms with van der Waals surface area (Å²) >= 11 is 5.36. The van der Waals surface area contributed by atoms with Crippen molar-refractivity contribution in [3.63, 3.8) is 0 Å². The number of nitrogens with zero attached hydrogens (tertiary/aromatic N) is 2. The molecule has 1 N–H and O–H groups in total. The SMILES string of the molecule is COc1cccc(CCn2c(=S)[nH]c3cccnc32)c1. The predicted molar refractivity (Wildman–Crippen MR) is 81.6 cm³/mol. The van der Waals surface area contributed by atoms with Crippen molar-refractivity contribution in [3.8, 4) is 5.75 Å². The first-order chi connectivity index (χ1) is 9.78. The first-order valence-electron chi connectivity index (χ1n) is 6.44. The summed E-state index contributed by atoms with van der Waals surface area (Å²) in [5.74, 6) is 0.878. The summed E-state index contributed by atoms with van der Waals surface area (Å²) in [6.45, 7) is 0.795. The Hall–Kier alpha value is -2.14. The molecule has 0 aliphatic rings. The molecule has 0 radical (unpaired) electrons. The molecule has 4 nitrogen and oxygen atoms in total. The molecule has 5 heteroatoms. The highest BCUT2D eigenvalue weighted by Crippen LogP contribution is 2.15. The van der Waals surface area contributed by atoms with E-state index in [2.05, 4.69) is 16.0 Å². The third kappa shape index (κ3) is 2.44. The molecule has 2 aromatic heterocycles. The van der Waals surface area contributed by atoms with Gasteiger partial charge in [0.05, 0.1) is 12.6 Å². The largest absolute Gasteiger partial charge is 0.497 e. The molecule has 2 heterocycles. The molecule has 1 aromatic carbocycles. The Balaban J connectivity index is 1.86. The lowest BCUT2D eigenvalue weighted by Gasteiger charge is -2.06. The van der Waals surface area contributed by atoms with Crippen molar-refractivity contribution in [1.29, 1.82) is 0 Å². The second-order valence-electron chi connectivity index (χ2n) is 4.56. The quantitative estimate of drug-likeness (QED) is 0.748. The Kier molecular flexibility index (Phi) is 3.52. The summed E-state index contributed by atoms with van der Waals surface area (Å²) in [6.07, 6.45) is 2.67. The van der Waals surface area contributed by atoms with Gasteiger partial charge in [-0.1, -0.05) is 12.1 Å². The molecule has 0 amide bonds. The highest BCUT2D eigenvalue weighted by molar-refractivity contribution is 7.71. The van der Waals surface area contributed by atoms with Crippen molar-refractivity contribution in [2.75, 3.05) is 7.11 Å². The van der Waals surface area contributed by atoms with Crippen molar-refractivity contribution in [2.24, 2.45) is 0 Å². The molecule has 3 aromatic rings. The number of aromatic nitrogens is 3. The lowest BCUT2D eigenvalue weighted by Crippen LogP contribution is -2.02. The molecule has 0 saturated carbocycles. The van der Waals surface area contributed by atoms with Gasteiger partial charge in [0.15, 0.2) is 10.4 Å². The Bertz CT molecular complexity index is 791. The van der Waals surface area contributed by atoms with Gasteiger partial charge in [-0.25, -0.2) is 4.98 Å². The Morgan fingerprint density at radius 1 is 1.30 bits per heavy atom. The van der Waals surface area contributed by atoms with Crippen molar-refractivity contribution in [1.82, 2.24) is 14.5 Å². The van der Waals surface area contributed by atoms with Gasteiger partial charge in [0.1, 0.15) is 5.75 Å². The normalized spacial score (nSPS) is 10.8. The summed E-state index contributed by atoms with van der Waals surface area (Å²) in [4.78, 5) is 7.56. The van der Waals surface area contributed by atoms with Gasteiger partial charge < -0.3 is 14.3 Å². The first kappa shape index (κ1) is 12.9. The van der Waals surface area contributed by atoms with Crippen LogP contribution >= 0.6 is 12.2 Å². The van der Waals surface area contributed by atoms with Crippen LogP contribution in [0.4, 0.5) is 0 Å². The summed E-state index contributed by atoms with van der Waals surface area (Å²) < 4.78 is 7.98. The van der Waals surface area contributed by atoms with Crippen molar-refractivity contribution in [3.05, 3.63) is 52.9 Å². The van der Waals surface area contributed by atoms with Gasteiger partial charge in [0.2, 0.25) is 0 Å². The van der Waals surface area contributed by atoms with E-state index in [1.54, 1.807) is 13.3 Å². The van der Waals surface area contributed by atoms with Gasteiger partial charge in [0.25, 0.3) is 0 Å². The maximum absolute atomic E-state index is 5.36. The highest BCUT2D eigenvalue weighted by atomic mass is 32.1. The fourth-order valence-electron chi connectivity index (χ4n) is 2.26. The molecule has 0 atom stereocenters. The van der Waals surface area contributed by atoms with Crippen molar-refractivity contribution in [2.45, 2.75) is 13.0 Å². The third-order valence-corrected chi connectivity index (χ3v) is 3.61.